The van der Waals surface area contributed by atoms with Crippen molar-refractivity contribution < 1.29 is 14.3 Å². The molecule has 198 valence electrons. The number of methoxy groups -OCH3 is 1. The molecule has 3 aliphatic rings. The first-order valence-corrected chi connectivity index (χ1v) is 13.8. The molecule has 10 heteroatoms. The number of aryl methyl sites for hydroxylation is 2. The average Bonchev–Trinajstić information content (AvgIpc) is 3.51. The van der Waals surface area contributed by atoms with Gasteiger partial charge in [0.05, 0.1) is 12.0 Å². The van der Waals surface area contributed by atoms with E-state index in [2.05, 4.69) is 23.0 Å². The first kappa shape index (κ1) is 24.7. The molecule has 1 saturated heterocycles. The number of rotatable bonds is 3. The van der Waals surface area contributed by atoms with E-state index in [1.807, 2.05) is 34.1 Å². The van der Waals surface area contributed by atoms with Crippen LogP contribution in [-0.2, 0) is 23.1 Å². The van der Waals surface area contributed by atoms with Crippen LogP contribution in [0.15, 0.2) is 39.9 Å². The molecule has 0 saturated carbocycles. The summed E-state index contributed by atoms with van der Waals surface area (Å²) in [6.45, 7) is 3.87. The largest absolute Gasteiger partial charge is 0.487 e. The van der Waals surface area contributed by atoms with Gasteiger partial charge in [-0.05, 0) is 62.8 Å². The highest BCUT2D eigenvalue weighted by atomic mass is 32.1. The summed E-state index contributed by atoms with van der Waals surface area (Å²) < 4.78 is 5.25. The minimum atomic E-state index is -0.507. The number of piperidine rings is 1. The van der Waals surface area contributed by atoms with Gasteiger partial charge in [0, 0.05) is 47.9 Å². The predicted molar refractivity (Wildman–Crippen MR) is 144 cm³/mol. The molecular formula is C28H30N4O5S. The highest BCUT2D eigenvalue weighted by Gasteiger charge is 2.48. The van der Waals surface area contributed by atoms with Crippen LogP contribution in [0.5, 0.6) is 5.06 Å². The van der Waals surface area contributed by atoms with Crippen LogP contribution in [0.1, 0.15) is 51.3 Å². The van der Waals surface area contributed by atoms with Crippen molar-refractivity contribution in [3.63, 3.8) is 0 Å². The number of thiophene rings is 1. The van der Waals surface area contributed by atoms with E-state index in [1.165, 1.54) is 16.9 Å². The number of aromatic amines is 2. The van der Waals surface area contributed by atoms with Gasteiger partial charge in [0.2, 0.25) is 5.91 Å². The third-order valence-corrected chi connectivity index (χ3v) is 9.45. The third-order valence-electron chi connectivity index (χ3n) is 8.41. The standard InChI is InChI=1S/C28H30N4O5S/c1-16-3-6-21-19(13-16)28(9-11-31(12-10-28)26(35)22-7-8-23(37-2)38-22)15-32(21)25(34)17-4-5-20-18(14-17)24(33)30-27(36)29-20/h3,6-8,13,17H,4-5,9-12,14-15H2,1-2H3,(H2,29,30,33,36). The highest BCUT2D eigenvalue weighted by molar-refractivity contribution is 7.15. The molecule has 0 bridgehead atoms. The number of aromatic nitrogens is 2. The molecule has 1 spiro atoms. The van der Waals surface area contributed by atoms with E-state index in [0.29, 0.717) is 55.0 Å². The van der Waals surface area contributed by atoms with Crippen molar-refractivity contribution in [2.45, 2.75) is 44.4 Å². The highest BCUT2D eigenvalue weighted by Crippen LogP contribution is 2.48. The SMILES string of the molecule is COc1ccc(C(=O)N2CCC3(CC2)CN(C(=O)C2CCc4[nH]c(=O)[nH]c(=O)c4C2)c2ccc(C)cc23)s1. The summed E-state index contributed by atoms with van der Waals surface area (Å²) in [7, 11) is 1.60. The molecule has 2 amide bonds. The molecule has 1 aliphatic carbocycles. The molecule has 1 aromatic carbocycles. The summed E-state index contributed by atoms with van der Waals surface area (Å²) in [5, 5.41) is 0.717. The van der Waals surface area contributed by atoms with Crippen molar-refractivity contribution in [1.29, 1.82) is 0 Å². The number of hydrogen-bond donors (Lipinski definition) is 2. The lowest BCUT2D eigenvalue weighted by Crippen LogP contribution is -2.48. The number of fused-ring (bicyclic) bond motifs is 3. The number of nitrogens with one attached hydrogen (secondary N) is 2. The molecule has 0 radical (unpaired) electrons. The second-order valence-electron chi connectivity index (χ2n) is 10.6. The van der Waals surface area contributed by atoms with E-state index in [4.69, 9.17) is 4.74 Å². The quantitative estimate of drug-likeness (QED) is 0.536. The van der Waals surface area contributed by atoms with E-state index in [1.54, 1.807) is 7.11 Å². The van der Waals surface area contributed by atoms with Crippen molar-refractivity contribution in [2.24, 2.45) is 5.92 Å². The van der Waals surface area contributed by atoms with Crippen LogP contribution < -0.4 is 20.9 Å². The van der Waals surface area contributed by atoms with Crippen LogP contribution in [0, 0.1) is 12.8 Å². The molecule has 38 heavy (non-hydrogen) atoms. The number of carbonyl (C=O) groups excluding carboxylic acids is 2. The summed E-state index contributed by atoms with van der Waals surface area (Å²) in [5.41, 5.74) is 3.27. The number of hydrogen-bond acceptors (Lipinski definition) is 6. The zero-order valence-corrected chi connectivity index (χ0v) is 22.3. The monoisotopic (exact) mass is 534 g/mol. The molecule has 2 aliphatic heterocycles. The Hall–Kier alpha value is -3.66. The zero-order chi connectivity index (χ0) is 26.6. The number of likely N-dealkylation sites (tertiary alicyclic amines) is 1. The van der Waals surface area contributed by atoms with Crippen LogP contribution in [0.2, 0.25) is 0 Å². The molecule has 1 atom stereocenters. The molecular weight excluding hydrogens is 504 g/mol. The first-order valence-electron chi connectivity index (χ1n) is 13.0. The van der Waals surface area contributed by atoms with Crippen LogP contribution in [0.25, 0.3) is 0 Å². The summed E-state index contributed by atoms with van der Waals surface area (Å²) >= 11 is 1.36. The van der Waals surface area contributed by atoms with Crippen molar-refractivity contribution in [2.75, 3.05) is 31.6 Å². The maximum atomic E-state index is 13.9. The van der Waals surface area contributed by atoms with Gasteiger partial charge in [-0.15, -0.1) is 0 Å². The summed E-state index contributed by atoms with van der Waals surface area (Å²) in [6, 6.07) is 9.89. The number of amides is 2. The number of anilines is 1. The Kier molecular flexibility index (Phi) is 6.02. The Balaban J connectivity index is 1.24. The van der Waals surface area contributed by atoms with Gasteiger partial charge in [-0.25, -0.2) is 4.79 Å². The topological polar surface area (TPSA) is 116 Å². The van der Waals surface area contributed by atoms with Gasteiger partial charge in [0.1, 0.15) is 0 Å². The van der Waals surface area contributed by atoms with Crippen molar-refractivity contribution in [3.8, 4) is 5.06 Å². The molecule has 9 nitrogen and oxygen atoms in total. The second-order valence-corrected chi connectivity index (χ2v) is 11.7. The zero-order valence-electron chi connectivity index (χ0n) is 21.5. The summed E-state index contributed by atoms with van der Waals surface area (Å²) in [6.07, 6.45) is 2.95. The average molecular weight is 535 g/mol. The molecule has 2 aromatic heterocycles. The van der Waals surface area contributed by atoms with Gasteiger partial charge in [-0.2, -0.15) is 0 Å². The Morgan fingerprint density at radius 1 is 1.11 bits per heavy atom. The third kappa shape index (κ3) is 4.07. The Morgan fingerprint density at radius 3 is 2.63 bits per heavy atom. The van der Waals surface area contributed by atoms with Crippen LogP contribution >= 0.6 is 11.3 Å². The molecule has 4 heterocycles. The van der Waals surface area contributed by atoms with E-state index in [9.17, 15) is 19.2 Å². The minimum absolute atomic E-state index is 0.0208. The fourth-order valence-electron chi connectivity index (χ4n) is 6.33. The van der Waals surface area contributed by atoms with Gasteiger partial charge >= 0.3 is 5.69 Å². The van der Waals surface area contributed by atoms with Gasteiger partial charge in [-0.3, -0.25) is 19.4 Å². The summed E-state index contributed by atoms with van der Waals surface area (Å²) in [4.78, 5) is 60.6. The number of benzene rings is 1. The van der Waals surface area contributed by atoms with Gasteiger partial charge in [-0.1, -0.05) is 29.0 Å². The number of H-pyrrole nitrogens is 2. The Morgan fingerprint density at radius 2 is 1.89 bits per heavy atom. The maximum absolute atomic E-state index is 13.9. The Labute approximate surface area is 223 Å². The first-order chi connectivity index (χ1) is 18.3. The van der Waals surface area contributed by atoms with Crippen LogP contribution in [0.4, 0.5) is 5.69 Å². The van der Waals surface area contributed by atoms with Gasteiger partial charge in [0.15, 0.2) is 5.06 Å². The maximum Gasteiger partial charge on any atom is 0.325 e. The second kappa shape index (κ2) is 9.27. The number of carbonyl (C=O) groups is 2. The molecule has 1 fully saturated rings. The lowest BCUT2D eigenvalue weighted by atomic mass is 9.74. The predicted octanol–water partition coefficient (Wildman–Crippen LogP) is 2.77. The molecule has 2 N–H and O–H groups in total. The van der Waals surface area contributed by atoms with E-state index >= 15 is 0 Å². The van der Waals surface area contributed by atoms with E-state index < -0.39 is 11.2 Å². The molecule has 6 rings (SSSR count). The van der Waals surface area contributed by atoms with Gasteiger partial charge in [0.25, 0.3) is 11.5 Å². The lowest BCUT2D eigenvalue weighted by Gasteiger charge is -2.40. The van der Waals surface area contributed by atoms with E-state index in [-0.39, 0.29) is 23.1 Å². The number of ether oxygens (including phenoxy) is 1. The van der Waals surface area contributed by atoms with Crippen LogP contribution in [0.3, 0.4) is 0 Å². The van der Waals surface area contributed by atoms with Crippen molar-refractivity contribution in [1.82, 2.24) is 14.9 Å². The fraction of sp³-hybridized carbons (Fsp3) is 0.429. The normalized spacial score (nSPS) is 19.8. The van der Waals surface area contributed by atoms with Crippen molar-refractivity contribution >= 4 is 28.8 Å². The molecule has 3 aromatic rings. The molecule has 1 unspecified atom stereocenters. The lowest BCUT2D eigenvalue weighted by molar-refractivity contribution is -0.122. The fourth-order valence-corrected chi connectivity index (χ4v) is 7.12. The summed E-state index contributed by atoms with van der Waals surface area (Å²) in [5.74, 6) is -0.283. The van der Waals surface area contributed by atoms with E-state index in [0.717, 1.165) is 29.2 Å². The minimum Gasteiger partial charge on any atom is -0.487 e. The van der Waals surface area contributed by atoms with Gasteiger partial charge < -0.3 is 19.5 Å². The number of nitrogens with zero attached hydrogens (tertiary/aromatic N) is 2. The van der Waals surface area contributed by atoms with Crippen LogP contribution in [-0.4, -0.2) is 53.4 Å². The van der Waals surface area contributed by atoms with Crippen molar-refractivity contribution in [3.05, 3.63) is 78.4 Å². The smallest absolute Gasteiger partial charge is 0.325 e. The Bertz CT molecular complexity index is 1550.